The van der Waals surface area contributed by atoms with Gasteiger partial charge in [-0.25, -0.2) is 8.78 Å². The molecule has 0 saturated carbocycles. The van der Waals surface area contributed by atoms with Crippen LogP contribution in [0, 0.1) is 30.9 Å². The van der Waals surface area contributed by atoms with Gasteiger partial charge in [-0.05, 0) is 51.8 Å². The molecule has 1 aromatic carbocycles. The average Bonchev–Trinajstić information content (AvgIpc) is 3.21. The number of likely N-dealkylation sites (tertiary alicyclic amines) is 2. The molecule has 2 fully saturated rings. The Morgan fingerprint density at radius 1 is 1.18 bits per heavy atom. The first-order chi connectivity index (χ1) is 13.4. The first-order valence-corrected chi connectivity index (χ1v) is 9.88. The Kier molecular flexibility index (Phi) is 5.00. The van der Waals surface area contributed by atoms with Gasteiger partial charge in [0.1, 0.15) is 5.76 Å². The van der Waals surface area contributed by atoms with Gasteiger partial charge in [0.05, 0.1) is 0 Å². The number of hydrogen-bond acceptors (Lipinski definition) is 3. The van der Waals surface area contributed by atoms with Crippen LogP contribution in [0.15, 0.2) is 28.7 Å². The molecule has 0 radical (unpaired) electrons. The van der Waals surface area contributed by atoms with Crippen LogP contribution in [0.4, 0.5) is 8.78 Å². The summed E-state index contributed by atoms with van der Waals surface area (Å²) in [6.07, 6.45) is 2.98. The molecule has 4 nitrogen and oxygen atoms in total. The number of hydrogen-bond donors (Lipinski definition) is 0. The van der Waals surface area contributed by atoms with E-state index in [-0.39, 0.29) is 11.3 Å². The zero-order valence-electron chi connectivity index (χ0n) is 16.4. The highest BCUT2D eigenvalue weighted by molar-refractivity contribution is 5.93. The van der Waals surface area contributed by atoms with Crippen LogP contribution in [0.25, 0.3) is 0 Å². The smallest absolute Gasteiger partial charge is 0.289 e. The fourth-order valence-electron chi connectivity index (χ4n) is 4.80. The summed E-state index contributed by atoms with van der Waals surface area (Å²) in [5.41, 5.74) is 1.28. The lowest BCUT2D eigenvalue weighted by Gasteiger charge is -2.40. The molecular formula is C22H26F2N2O2. The number of amides is 1. The number of aryl methyl sites for hydroxylation is 2. The van der Waals surface area contributed by atoms with Gasteiger partial charge < -0.3 is 9.32 Å². The van der Waals surface area contributed by atoms with Crippen LogP contribution in [-0.2, 0) is 6.54 Å². The van der Waals surface area contributed by atoms with E-state index in [0.29, 0.717) is 31.0 Å². The Balaban J connectivity index is 1.45. The minimum atomic E-state index is -0.800. The number of benzene rings is 1. The Labute approximate surface area is 164 Å². The highest BCUT2D eigenvalue weighted by Crippen LogP contribution is 2.40. The largest absolute Gasteiger partial charge is 0.456 e. The number of carbonyl (C=O) groups is 1. The number of rotatable bonds is 3. The summed E-state index contributed by atoms with van der Waals surface area (Å²) in [5, 5.41) is 0. The van der Waals surface area contributed by atoms with Crippen molar-refractivity contribution in [2.45, 2.75) is 39.7 Å². The second-order valence-corrected chi connectivity index (χ2v) is 8.37. The van der Waals surface area contributed by atoms with Crippen molar-refractivity contribution in [2.24, 2.45) is 5.41 Å². The zero-order chi connectivity index (χ0) is 19.9. The molecular weight excluding hydrogens is 362 g/mol. The summed E-state index contributed by atoms with van der Waals surface area (Å²) >= 11 is 0. The Morgan fingerprint density at radius 2 is 2.00 bits per heavy atom. The second kappa shape index (κ2) is 7.32. The van der Waals surface area contributed by atoms with Gasteiger partial charge in [0.25, 0.3) is 5.91 Å². The van der Waals surface area contributed by atoms with Crippen LogP contribution < -0.4 is 0 Å². The van der Waals surface area contributed by atoms with Crippen LogP contribution >= 0.6 is 0 Å². The van der Waals surface area contributed by atoms with Crippen LogP contribution in [0.3, 0.4) is 0 Å². The molecule has 1 unspecified atom stereocenters. The fraction of sp³-hybridized carbons (Fsp3) is 0.500. The van der Waals surface area contributed by atoms with Crippen LogP contribution in [0.1, 0.15) is 46.7 Å². The molecule has 0 bridgehead atoms. The molecule has 4 rings (SSSR count). The number of furan rings is 1. The highest BCUT2D eigenvalue weighted by atomic mass is 19.2. The topological polar surface area (TPSA) is 36.7 Å². The molecule has 2 saturated heterocycles. The van der Waals surface area contributed by atoms with Crippen molar-refractivity contribution in [1.82, 2.24) is 9.80 Å². The molecule has 1 aromatic heterocycles. The number of nitrogens with zero attached hydrogens (tertiary/aromatic N) is 2. The minimum absolute atomic E-state index is 0.0211. The van der Waals surface area contributed by atoms with Gasteiger partial charge in [0, 0.05) is 42.7 Å². The average molecular weight is 388 g/mol. The molecule has 3 heterocycles. The lowest BCUT2D eigenvalue weighted by Crippen LogP contribution is -2.45. The zero-order valence-corrected chi connectivity index (χ0v) is 16.4. The number of halogens is 2. The molecule has 2 aromatic rings. The van der Waals surface area contributed by atoms with Crippen molar-refractivity contribution < 1.29 is 18.0 Å². The van der Waals surface area contributed by atoms with Crippen molar-refractivity contribution in [1.29, 1.82) is 0 Å². The molecule has 150 valence electrons. The molecule has 2 aliphatic heterocycles. The van der Waals surface area contributed by atoms with E-state index in [1.165, 1.54) is 0 Å². The lowest BCUT2D eigenvalue weighted by molar-refractivity contribution is 0.0647. The lowest BCUT2D eigenvalue weighted by atomic mass is 9.79. The van der Waals surface area contributed by atoms with E-state index in [9.17, 15) is 13.6 Å². The maximum Gasteiger partial charge on any atom is 0.289 e. The van der Waals surface area contributed by atoms with E-state index in [0.717, 1.165) is 49.7 Å². The summed E-state index contributed by atoms with van der Waals surface area (Å²) in [7, 11) is 0. The summed E-state index contributed by atoms with van der Waals surface area (Å²) in [6.45, 7) is 7.19. The SMILES string of the molecule is Cc1cc(C)c(C(=O)N2CCC3(CCCN(Cc4cccc(F)c4F)C3)C2)o1. The summed E-state index contributed by atoms with van der Waals surface area (Å²) in [6, 6.07) is 6.23. The predicted molar refractivity (Wildman–Crippen MR) is 102 cm³/mol. The summed E-state index contributed by atoms with van der Waals surface area (Å²) in [4.78, 5) is 17.0. The molecule has 1 spiro atoms. The van der Waals surface area contributed by atoms with Crippen molar-refractivity contribution in [3.63, 3.8) is 0 Å². The van der Waals surface area contributed by atoms with Crippen molar-refractivity contribution in [3.05, 3.63) is 58.5 Å². The standard InChI is InChI=1S/C22H26F2N2O2/c1-15-11-16(2)28-20(15)21(27)26-10-8-22(14-26)7-4-9-25(13-22)12-17-5-3-6-18(23)19(17)24/h3,5-6,11H,4,7-10,12-14H2,1-2H3. The fourth-order valence-corrected chi connectivity index (χ4v) is 4.80. The molecule has 1 atom stereocenters. The third-order valence-corrected chi connectivity index (χ3v) is 6.13. The molecule has 28 heavy (non-hydrogen) atoms. The van der Waals surface area contributed by atoms with E-state index < -0.39 is 11.6 Å². The van der Waals surface area contributed by atoms with E-state index in [4.69, 9.17) is 4.42 Å². The number of piperidine rings is 1. The van der Waals surface area contributed by atoms with Crippen LogP contribution in [0.2, 0.25) is 0 Å². The van der Waals surface area contributed by atoms with Crippen molar-refractivity contribution in [3.8, 4) is 0 Å². The van der Waals surface area contributed by atoms with Gasteiger partial charge in [-0.15, -0.1) is 0 Å². The third-order valence-electron chi connectivity index (χ3n) is 6.13. The van der Waals surface area contributed by atoms with Gasteiger partial charge >= 0.3 is 0 Å². The van der Waals surface area contributed by atoms with Crippen molar-refractivity contribution >= 4 is 5.91 Å². The Hall–Kier alpha value is -2.21. The van der Waals surface area contributed by atoms with Gasteiger partial charge in [-0.2, -0.15) is 0 Å². The van der Waals surface area contributed by atoms with Crippen LogP contribution in [0.5, 0.6) is 0 Å². The Morgan fingerprint density at radius 3 is 2.75 bits per heavy atom. The number of carbonyl (C=O) groups excluding carboxylic acids is 1. The first kappa shape index (κ1) is 19.1. The molecule has 0 N–H and O–H groups in total. The quantitative estimate of drug-likeness (QED) is 0.787. The minimum Gasteiger partial charge on any atom is -0.456 e. The first-order valence-electron chi connectivity index (χ1n) is 9.88. The molecule has 6 heteroatoms. The predicted octanol–water partition coefficient (Wildman–Crippen LogP) is 4.30. The molecule has 0 aliphatic carbocycles. The van der Waals surface area contributed by atoms with Gasteiger partial charge in [-0.1, -0.05) is 12.1 Å². The summed E-state index contributed by atoms with van der Waals surface area (Å²) in [5.74, 6) is -0.421. The van der Waals surface area contributed by atoms with E-state index >= 15 is 0 Å². The molecule has 2 aliphatic rings. The highest BCUT2D eigenvalue weighted by Gasteiger charge is 2.43. The Bertz CT molecular complexity index is 895. The normalized spacial score (nSPS) is 22.9. The van der Waals surface area contributed by atoms with Crippen LogP contribution in [-0.4, -0.2) is 41.9 Å². The van der Waals surface area contributed by atoms with Crippen molar-refractivity contribution in [2.75, 3.05) is 26.2 Å². The van der Waals surface area contributed by atoms with E-state index in [2.05, 4.69) is 4.90 Å². The van der Waals surface area contributed by atoms with Gasteiger partial charge in [0.2, 0.25) is 0 Å². The monoisotopic (exact) mass is 388 g/mol. The maximum absolute atomic E-state index is 14.1. The van der Waals surface area contributed by atoms with E-state index in [1.807, 2.05) is 24.8 Å². The maximum atomic E-state index is 14.1. The van der Waals surface area contributed by atoms with E-state index in [1.54, 1.807) is 12.1 Å². The second-order valence-electron chi connectivity index (χ2n) is 8.37. The third kappa shape index (κ3) is 3.58. The summed E-state index contributed by atoms with van der Waals surface area (Å²) < 4.78 is 33.2. The molecule has 1 amide bonds. The van der Waals surface area contributed by atoms with Gasteiger partial charge in [0.15, 0.2) is 17.4 Å². The van der Waals surface area contributed by atoms with Gasteiger partial charge in [-0.3, -0.25) is 9.69 Å².